The van der Waals surface area contributed by atoms with Crippen LogP contribution in [-0.4, -0.2) is 32.1 Å². The molecule has 6 heteroatoms. The second kappa shape index (κ2) is 9.83. The molecule has 3 aromatic rings. The summed E-state index contributed by atoms with van der Waals surface area (Å²) in [6.45, 7) is 0.431. The summed E-state index contributed by atoms with van der Waals surface area (Å²) >= 11 is 0. The molecule has 0 atom stereocenters. The van der Waals surface area contributed by atoms with Gasteiger partial charge in [0.1, 0.15) is 0 Å². The van der Waals surface area contributed by atoms with E-state index in [-0.39, 0.29) is 18.4 Å². The molecule has 2 amide bonds. The lowest BCUT2D eigenvalue weighted by Gasteiger charge is -2.12. The fourth-order valence-corrected chi connectivity index (χ4v) is 3.53. The van der Waals surface area contributed by atoms with Crippen LogP contribution in [0.1, 0.15) is 16.7 Å². The number of ether oxygens (including phenoxy) is 2. The van der Waals surface area contributed by atoms with Gasteiger partial charge in [-0.1, -0.05) is 54.6 Å². The normalized spacial score (nSPS) is 13.4. The Bertz CT molecular complexity index is 1160. The summed E-state index contributed by atoms with van der Waals surface area (Å²) in [4.78, 5) is 24.5. The molecule has 0 unspecified atom stereocenters. The van der Waals surface area contributed by atoms with Gasteiger partial charge in [0, 0.05) is 23.4 Å². The van der Waals surface area contributed by atoms with Gasteiger partial charge in [-0.2, -0.15) is 0 Å². The lowest BCUT2D eigenvalue weighted by Crippen LogP contribution is -2.30. The highest BCUT2D eigenvalue weighted by Crippen LogP contribution is 2.34. The fraction of sp³-hybridized carbons (Fsp3) is 0.154. The predicted octanol–water partition coefficient (Wildman–Crippen LogP) is 3.93. The van der Waals surface area contributed by atoms with Crippen molar-refractivity contribution in [1.29, 1.82) is 0 Å². The van der Waals surface area contributed by atoms with Crippen molar-refractivity contribution >= 4 is 29.2 Å². The van der Waals surface area contributed by atoms with E-state index in [9.17, 15) is 9.59 Å². The highest BCUT2D eigenvalue weighted by molar-refractivity contribution is 6.34. The van der Waals surface area contributed by atoms with Crippen LogP contribution in [0.2, 0.25) is 0 Å². The van der Waals surface area contributed by atoms with Crippen molar-refractivity contribution in [2.24, 2.45) is 0 Å². The molecule has 1 heterocycles. The molecule has 0 saturated heterocycles. The molecule has 0 spiro atoms. The number of methoxy groups -OCH3 is 1. The van der Waals surface area contributed by atoms with Gasteiger partial charge in [0.15, 0.2) is 18.1 Å². The number of para-hydroxylation sites is 1. The van der Waals surface area contributed by atoms with Gasteiger partial charge in [-0.25, -0.2) is 0 Å². The van der Waals surface area contributed by atoms with Crippen LogP contribution in [0.25, 0.3) is 11.6 Å². The van der Waals surface area contributed by atoms with E-state index in [4.69, 9.17) is 9.47 Å². The molecule has 1 aliphatic rings. The van der Waals surface area contributed by atoms with Crippen LogP contribution >= 0.6 is 0 Å². The molecule has 0 radical (unpaired) electrons. The zero-order valence-corrected chi connectivity index (χ0v) is 17.8. The van der Waals surface area contributed by atoms with Crippen LogP contribution in [-0.2, 0) is 16.0 Å². The maximum atomic E-state index is 12.3. The lowest BCUT2D eigenvalue weighted by molar-refractivity contribution is -0.123. The molecule has 2 N–H and O–H groups in total. The van der Waals surface area contributed by atoms with Crippen LogP contribution in [0, 0.1) is 0 Å². The summed E-state index contributed by atoms with van der Waals surface area (Å²) in [6.07, 6.45) is 2.57. The van der Waals surface area contributed by atoms with Gasteiger partial charge in [-0.3, -0.25) is 9.59 Å². The van der Waals surface area contributed by atoms with Gasteiger partial charge in [-0.15, -0.1) is 0 Å². The van der Waals surface area contributed by atoms with Gasteiger partial charge in [0.05, 0.1) is 7.11 Å². The number of hydrogen-bond acceptors (Lipinski definition) is 4. The summed E-state index contributed by atoms with van der Waals surface area (Å²) in [5.74, 6) is 0.610. The molecule has 6 nitrogen and oxygen atoms in total. The number of nitrogens with one attached hydrogen (secondary N) is 2. The maximum Gasteiger partial charge on any atom is 0.257 e. The van der Waals surface area contributed by atoms with Crippen LogP contribution in [0.3, 0.4) is 0 Å². The van der Waals surface area contributed by atoms with Crippen molar-refractivity contribution in [1.82, 2.24) is 5.32 Å². The Labute approximate surface area is 186 Å². The van der Waals surface area contributed by atoms with E-state index in [1.165, 1.54) is 12.7 Å². The molecular formula is C26H24N2O4. The first kappa shape index (κ1) is 21.2. The molecule has 3 aromatic carbocycles. The third kappa shape index (κ3) is 4.98. The number of hydrogen-bond donors (Lipinski definition) is 2. The lowest BCUT2D eigenvalue weighted by atomic mass is 10.0. The summed E-state index contributed by atoms with van der Waals surface area (Å²) in [6, 6.07) is 22.9. The van der Waals surface area contributed by atoms with Crippen molar-refractivity contribution in [3.63, 3.8) is 0 Å². The molecule has 0 fully saturated rings. The zero-order chi connectivity index (χ0) is 22.3. The van der Waals surface area contributed by atoms with E-state index in [0.29, 0.717) is 23.6 Å². The maximum absolute atomic E-state index is 12.3. The Morgan fingerprint density at radius 1 is 1.00 bits per heavy atom. The Kier molecular flexibility index (Phi) is 6.51. The first-order valence-corrected chi connectivity index (χ1v) is 10.4. The Morgan fingerprint density at radius 2 is 1.78 bits per heavy atom. The van der Waals surface area contributed by atoms with Gasteiger partial charge in [0.2, 0.25) is 0 Å². The number of rotatable bonds is 8. The number of anilines is 1. The van der Waals surface area contributed by atoms with E-state index in [1.54, 1.807) is 12.1 Å². The van der Waals surface area contributed by atoms with Gasteiger partial charge < -0.3 is 20.1 Å². The zero-order valence-electron chi connectivity index (χ0n) is 17.8. The molecule has 0 aliphatic carbocycles. The average molecular weight is 428 g/mol. The second-order valence-electron chi connectivity index (χ2n) is 7.34. The highest BCUT2D eigenvalue weighted by atomic mass is 16.5. The van der Waals surface area contributed by atoms with Crippen LogP contribution in [0.4, 0.5) is 5.69 Å². The summed E-state index contributed by atoms with van der Waals surface area (Å²) in [7, 11) is 1.54. The van der Waals surface area contributed by atoms with Crippen molar-refractivity contribution < 1.29 is 19.1 Å². The first-order valence-electron chi connectivity index (χ1n) is 10.4. The van der Waals surface area contributed by atoms with Crippen molar-refractivity contribution in [2.45, 2.75) is 6.42 Å². The first-order chi connectivity index (χ1) is 15.6. The molecule has 0 aromatic heterocycles. The molecule has 162 valence electrons. The molecule has 32 heavy (non-hydrogen) atoms. The van der Waals surface area contributed by atoms with Crippen LogP contribution < -0.4 is 20.1 Å². The molecule has 0 bridgehead atoms. The summed E-state index contributed by atoms with van der Waals surface area (Å²) in [5, 5.41) is 5.71. The predicted molar refractivity (Wildman–Crippen MR) is 125 cm³/mol. The monoisotopic (exact) mass is 428 g/mol. The molecule has 1 aliphatic heterocycles. The molecular weight excluding hydrogens is 404 g/mol. The Hall–Kier alpha value is -4.06. The van der Waals surface area contributed by atoms with E-state index < -0.39 is 0 Å². The topological polar surface area (TPSA) is 76.7 Å². The minimum Gasteiger partial charge on any atom is -0.493 e. The van der Waals surface area contributed by atoms with E-state index >= 15 is 0 Å². The SMILES string of the molecule is COc1cc(/C=C2\C(=O)Nc3ccccc32)ccc1OCC(=O)NCCc1ccccc1. The third-order valence-corrected chi connectivity index (χ3v) is 5.15. The number of amides is 2. The minimum absolute atomic E-state index is 0.110. The highest BCUT2D eigenvalue weighted by Gasteiger charge is 2.23. The summed E-state index contributed by atoms with van der Waals surface area (Å²) < 4.78 is 11.1. The van der Waals surface area contributed by atoms with Crippen molar-refractivity contribution in [3.8, 4) is 11.5 Å². The van der Waals surface area contributed by atoms with Crippen molar-refractivity contribution in [2.75, 3.05) is 25.6 Å². The quantitative estimate of drug-likeness (QED) is 0.533. The minimum atomic E-state index is -0.201. The standard InChI is InChI=1S/C26H24N2O4/c1-31-24-16-19(15-21-20-9-5-6-10-22(20)28-26(21)30)11-12-23(24)32-17-25(29)27-14-13-18-7-3-2-4-8-18/h2-12,15-16H,13-14,17H2,1H3,(H,27,29)(H,28,30)/b21-15-. The second-order valence-corrected chi connectivity index (χ2v) is 7.34. The van der Waals surface area contributed by atoms with E-state index in [2.05, 4.69) is 10.6 Å². The number of carbonyl (C=O) groups excluding carboxylic acids is 2. The van der Waals surface area contributed by atoms with Crippen molar-refractivity contribution in [3.05, 3.63) is 89.5 Å². The van der Waals surface area contributed by atoms with Gasteiger partial charge in [-0.05, 0) is 41.8 Å². The molecule has 0 saturated carbocycles. The van der Waals surface area contributed by atoms with E-state index in [0.717, 1.165) is 23.2 Å². The number of carbonyl (C=O) groups is 2. The van der Waals surface area contributed by atoms with Crippen LogP contribution in [0.15, 0.2) is 72.8 Å². The Balaban J connectivity index is 1.37. The van der Waals surface area contributed by atoms with Gasteiger partial charge in [0.25, 0.3) is 11.8 Å². The molecule has 4 rings (SSSR count). The Morgan fingerprint density at radius 3 is 2.59 bits per heavy atom. The van der Waals surface area contributed by atoms with Gasteiger partial charge >= 0.3 is 0 Å². The fourth-order valence-electron chi connectivity index (χ4n) is 3.53. The summed E-state index contributed by atoms with van der Waals surface area (Å²) in [5.41, 5.74) is 4.22. The largest absolute Gasteiger partial charge is 0.493 e. The van der Waals surface area contributed by atoms with E-state index in [1.807, 2.05) is 66.7 Å². The smallest absolute Gasteiger partial charge is 0.257 e. The average Bonchev–Trinajstić information content (AvgIpc) is 3.13. The van der Waals surface area contributed by atoms with Crippen LogP contribution in [0.5, 0.6) is 11.5 Å². The number of fused-ring (bicyclic) bond motifs is 1. The third-order valence-electron chi connectivity index (χ3n) is 5.15. The number of benzene rings is 3.